The molecule has 0 aliphatic carbocycles. The lowest BCUT2D eigenvalue weighted by Gasteiger charge is -2.38. The maximum atomic E-state index is 13.4. The van der Waals surface area contributed by atoms with Crippen molar-refractivity contribution >= 4 is 29.2 Å². The van der Waals surface area contributed by atoms with E-state index < -0.39 is 16.8 Å². The van der Waals surface area contributed by atoms with Gasteiger partial charge in [0.2, 0.25) is 6.79 Å². The standard InChI is InChI=1S/C20H24N4O5S/c1-22(2)19(27)30-20(18(26)23(3)7-8-25)10-14(11-21)17(24(20)4)13-5-6-15-16(9-13)29-12-28-15/h5-6,8-9,14,17H,7,10,12H2,1-4H3/t14-,17+,20+/m1/s1. The molecule has 10 heteroatoms. The molecule has 2 amide bonds. The van der Waals surface area contributed by atoms with Crippen molar-refractivity contribution in [3.05, 3.63) is 23.8 Å². The van der Waals surface area contributed by atoms with E-state index in [9.17, 15) is 19.6 Å². The molecule has 30 heavy (non-hydrogen) atoms. The molecule has 0 N–H and O–H groups in total. The third-order valence-electron chi connectivity index (χ3n) is 5.42. The summed E-state index contributed by atoms with van der Waals surface area (Å²) in [5, 5.41) is 9.58. The van der Waals surface area contributed by atoms with Crippen LogP contribution in [0.2, 0.25) is 0 Å². The first-order valence-electron chi connectivity index (χ1n) is 9.36. The van der Waals surface area contributed by atoms with E-state index in [4.69, 9.17) is 9.47 Å². The fourth-order valence-corrected chi connectivity index (χ4v) is 5.08. The normalized spacial score (nSPS) is 24.9. The lowest BCUT2D eigenvalue weighted by molar-refractivity contribution is -0.137. The lowest BCUT2D eigenvalue weighted by Crippen LogP contribution is -2.54. The van der Waals surface area contributed by atoms with Crippen LogP contribution in [0.3, 0.4) is 0 Å². The van der Waals surface area contributed by atoms with Gasteiger partial charge in [-0.3, -0.25) is 14.5 Å². The minimum absolute atomic E-state index is 0.100. The Bertz CT molecular complexity index is 902. The van der Waals surface area contributed by atoms with Gasteiger partial charge in [-0.1, -0.05) is 6.07 Å². The minimum atomic E-state index is -1.32. The Morgan fingerprint density at radius 2 is 2.03 bits per heavy atom. The van der Waals surface area contributed by atoms with E-state index in [0.29, 0.717) is 17.8 Å². The molecule has 2 aliphatic rings. The van der Waals surface area contributed by atoms with Gasteiger partial charge in [0.1, 0.15) is 6.29 Å². The van der Waals surface area contributed by atoms with Gasteiger partial charge in [0, 0.05) is 27.6 Å². The van der Waals surface area contributed by atoms with Crippen LogP contribution in [0.15, 0.2) is 18.2 Å². The zero-order chi connectivity index (χ0) is 22.1. The van der Waals surface area contributed by atoms with Crippen molar-refractivity contribution in [3.8, 4) is 17.6 Å². The van der Waals surface area contributed by atoms with E-state index in [1.807, 2.05) is 12.1 Å². The summed E-state index contributed by atoms with van der Waals surface area (Å²) >= 11 is 0.875. The van der Waals surface area contributed by atoms with E-state index in [1.165, 1.54) is 16.8 Å². The first-order chi connectivity index (χ1) is 14.2. The predicted molar refractivity (Wildman–Crippen MR) is 110 cm³/mol. The number of thioether (sulfide) groups is 1. The monoisotopic (exact) mass is 432 g/mol. The van der Waals surface area contributed by atoms with Gasteiger partial charge in [0.25, 0.3) is 11.1 Å². The highest BCUT2D eigenvalue weighted by Crippen LogP contribution is 2.53. The Kier molecular flexibility index (Phi) is 6.24. The minimum Gasteiger partial charge on any atom is -0.454 e. The molecule has 0 unspecified atom stereocenters. The van der Waals surface area contributed by atoms with Gasteiger partial charge < -0.3 is 24.1 Å². The summed E-state index contributed by atoms with van der Waals surface area (Å²) in [5.41, 5.74) is 0.791. The summed E-state index contributed by atoms with van der Waals surface area (Å²) in [6.45, 7) is 0.0319. The third kappa shape index (κ3) is 3.70. The molecule has 160 valence electrons. The topological polar surface area (TPSA) is 103 Å². The second kappa shape index (κ2) is 8.53. The molecule has 1 aromatic carbocycles. The van der Waals surface area contributed by atoms with Crippen LogP contribution in [0.4, 0.5) is 4.79 Å². The van der Waals surface area contributed by atoms with Crippen molar-refractivity contribution in [3.63, 3.8) is 0 Å². The quantitative estimate of drug-likeness (QED) is 0.648. The maximum absolute atomic E-state index is 13.4. The largest absolute Gasteiger partial charge is 0.454 e. The number of hydrogen-bond acceptors (Lipinski definition) is 8. The van der Waals surface area contributed by atoms with Crippen LogP contribution in [0.25, 0.3) is 0 Å². The smallest absolute Gasteiger partial charge is 0.283 e. The zero-order valence-corrected chi connectivity index (χ0v) is 18.1. The van der Waals surface area contributed by atoms with Gasteiger partial charge in [0.05, 0.1) is 24.6 Å². The molecule has 0 aromatic heterocycles. The Morgan fingerprint density at radius 3 is 2.67 bits per heavy atom. The van der Waals surface area contributed by atoms with Gasteiger partial charge in [0.15, 0.2) is 16.4 Å². The van der Waals surface area contributed by atoms with E-state index in [1.54, 1.807) is 32.1 Å². The summed E-state index contributed by atoms with van der Waals surface area (Å²) in [6.07, 6.45) is 0.779. The molecule has 1 aromatic rings. The Hall–Kier alpha value is -2.77. The number of carbonyl (C=O) groups excluding carboxylic acids is 3. The number of likely N-dealkylation sites (N-methyl/N-ethyl adjacent to an activating group) is 2. The molecule has 1 saturated heterocycles. The maximum Gasteiger partial charge on any atom is 0.283 e. The molecule has 3 rings (SSSR count). The number of likely N-dealkylation sites (tertiary alicyclic amines) is 1. The van der Waals surface area contributed by atoms with E-state index >= 15 is 0 Å². The van der Waals surface area contributed by atoms with Crippen molar-refractivity contribution in [1.29, 1.82) is 5.26 Å². The van der Waals surface area contributed by atoms with E-state index in [0.717, 1.165) is 17.3 Å². The molecular weight excluding hydrogens is 408 g/mol. The number of aldehydes is 1. The number of benzene rings is 1. The molecule has 2 aliphatic heterocycles. The Balaban J connectivity index is 2.04. The molecular formula is C20H24N4O5S. The van der Waals surface area contributed by atoms with E-state index in [-0.39, 0.29) is 30.9 Å². The van der Waals surface area contributed by atoms with Crippen LogP contribution in [0, 0.1) is 17.2 Å². The second-order valence-corrected chi connectivity index (χ2v) is 8.74. The highest BCUT2D eigenvalue weighted by Gasteiger charge is 2.58. The van der Waals surface area contributed by atoms with Gasteiger partial charge in [-0.05, 0) is 36.5 Å². The van der Waals surface area contributed by atoms with Crippen LogP contribution in [-0.4, -0.2) is 78.5 Å². The fourth-order valence-electron chi connectivity index (χ4n) is 3.84. The lowest BCUT2D eigenvalue weighted by atomic mass is 9.94. The average molecular weight is 433 g/mol. The second-order valence-electron chi connectivity index (χ2n) is 7.51. The van der Waals surface area contributed by atoms with Gasteiger partial charge in [-0.15, -0.1) is 0 Å². The fraction of sp³-hybridized carbons (Fsp3) is 0.500. The highest BCUT2D eigenvalue weighted by atomic mass is 32.2. The molecule has 1 fully saturated rings. The van der Waals surface area contributed by atoms with Crippen molar-refractivity contribution in [2.45, 2.75) is 17.3 Å². The Labute approximate surface area is 179 Å². The number of nitrogens with zero attached hydrogens (tertiary/aromatic N) is 4. The van der Waals surface area contributed by atoms with Crippen molar-refractivity contribution < 1.29 is 23.9 Å². The number of amides is 2. The first kappa shape index (κ1) is 21.9. The number of hydrogen-bond donors (Lipinski definition) is 0. The zero-order valence-electron chi connectivity index (χ0n) is 17.3. The summed E-state index contributed by atoms with van der Waals surface area (Å²) < 4.78 is 10.8. The van der Waals surface area contributed by atoms with E-state index in [2.05, 4.69) is 6.07 Å². The van der Waals surface area contributed by atoms with Crippen LogP contribution in [0.1, 0.15) is 18.0 Å². The van der Waals surface area contributed by atoms with Crippen molar-refractivity contribution in [2.24, 2.45) is 5.92 Å². The average Bonchev–Trinajstić information content (AvgIpc) is 3.29. The van der Waals surface area contributed by atoms with Gasteiger partial charge in [-0.25, -0.2) is 0 Å². The van der Waals surface area contributed by atoms with Gasteiger partial charge in [-0.2, -0.15) is 5.26 Å². The number of ether oxygens (including phenoxy) is 2. The third-order valence-corrected chi connectivity index (χ3v) is 6.93. The molecule has 0 saturated carbocycles. The Morgan fingerprint density at radius 1 is 1.33 bits per heavy atom. The van der Waals surface area contributed by atoms with Crippen molar-refractivity contribution in [1.82, 2.24) is 14.7 Å². The van der Waals surface area contributed by atoms with Crippen LogP contribution in [0.5, 0.6) is 11.5 Å². The number of rotatable bonds is 5. The SMILES string of the molecule is CN(C)C(=O)S[C@]1(C(=O)N(C)CC=O)C[C@H](C#N)[C@H](c2ccc3c(c2)OCO3)N1C. The molecule has 0 radical (unpaired) electrons. The molecule has 3 atom stereocenters. The van der Waals surface area contributed by atoms with Crippen LogP contribution in [-0.2, 0) is 9.59 Å². The summed E-state index contributed by atoms with van der Waals surface area (Å²) in [4.78, 5) is 40.2. The highest BCUT2D eigenvalue weighted by molar-refractivity contribution is 8.15. The molecule has 0 spiro atoms. The van der Waals surface area contributed by atoms with Crippen LogP contribution < -0.4 is 9.47 Å². The molecule has 2 heterocycles. The van der Waals surface area contributed by atoms with Crippen molar-refractivity contribution in [2.75, 3.05) is 41.5 Å². The number of carbonyl (C=O) groups is 3. The van der Waals surface area contributed by atoms with Crippen LogP contribution >= 0.6 is 11.8 Å². The van der Waals surface area contributed by atoms with Gasteiger partial charge >= 0.3 is 0 Å². The summed E-state index contributed by atoms with van der Waals surface area (Å²) in [6, 6.07) is 7.28. The summed E-state index contributed by atoms with van der Waals surface area (Å²) in [7, 11) is 6.46. The summed E-state index contributed by atoms with van der Waals surface area (Å²) in [5.74, 6) is 0.266. The first-order valence-corrected chi connectivity index (χ1v) is 10.2. The molecule has 9 nitrogen and oxygen atoms in total. The number of nitriles is 1. The number of fused-ring (bicyclic) bond motifs is 1. The predicted octanol–water partition coefficient (Wildman–Crippen LogP) is 1.70. The molecule has 0 bridgehead atoms.